The van der Waals surface area contributed by atoms with Crippen LogP contribution in [-0.2, 0) is 16.0 Å². The van der Waals surface area contributed by atoms with Crippen LogP contribution in [0, 0.1) is 5.92 Å². The predicted octanol–water partition coefficient (Wildman–Crippen LogP) is 4.12. The zero-order valence-corrected chi connectivity index (χ0v) is 14.5. The van der Waals surface area contributed by atoms with E-state index < -0.39 is 5.92 Å². The van der Waals surface area contributed by atoms with Gasteiger partial charge in [0, 0.05) is 11.4 Å². The standard InChI is InChI=1S/C18H15Cl2NO3/c1-24-16-5-3-2-4-11(16)8-12-9-17(22)21(18(12)23)15-10-13(19)6-7-14(15)20/h2-7,10,12H,8-9H2,1H3. The van der Waals surface area contributed by atoms with Gasteiger partial charge in [0.2, 0.25) is 11.8 Å². The third-order valence-corrected chi connectivity index (χ3v) is 4.60. The van der Waals surface area contributed by atoms with Gasteiger partial charge in [-0.05, 0) is 36.2 Å². The quantitative estimate of drug-likeness (QED) is 0.767. The van der Waals surface area contributed by atoms with E-state index in [9.17, 15) is 9.59 Å². The number of anilines is 1. The Hall–Kier alpha value is -2.04. The molecule has 24 heavy (non-hydrogen) atoms. The number of benzene rings is 2. The molecule has 124 valence electrons. The highest BCUT2D eigenvalue weighted by Gasteiger charge is 2.40. The minimum Gasteiger partial charge on any atom is -0.496 e. The summed E-state index contributed by atoms with van der Waals surface area (Å²) in [7, 11) is 1.58. The number of hydrogen-bond acceptors (Lipinski definition) is 3. The Kier molecular flexibility index (Phi) is 4.78. The second-order valence-corrected chi connectivity index (χ2v) is 6.42. The number of ether oxygens (including phenoxy) is 1. The fourth-order valence-corrected chi connectivity index (χ4v) is 3.27. The summed E-state index contributed by atoms with van der Waals surface area (Å²) in [5.74, 6) is -0.278. The van der Waals surface area contributed by atoms with Crippen molar-refractivity contribution in [2.24, 2.45) is 5.92 Å². The predicted molar refractivity (Wildman–Crippen MR) is 93.8 cm³/mol. The molecule has 0 aliphatic carbocycles. The highest BCUT2D eigenvalue weighted by Crippen LogP contribution is 2.35. The smallest absolute Gasteiger partial charge is 0.237 e. The summed E-state index contributed by atoms with van der Waals surface area (Å²) < 4.78 is 5.32. The van der Waals surface area contributed by atoms with E-state index in [1.165, 1.54) is 6.07 Å². The molecule has 0 saturated carbocycles. The summed E-state index contributed by atoms with van der Waals surface area (Å²) in [5.41, 5.74) is 1.23. The van der Waals surface area contributed by atoms with Gasteiger partial charge in [0.1, 0.15) is 5.75 Å². The lowest BCUT2D eigenvalue weighted by Gasteiger charge is -2.17. The zero-order valence-electron chi connectivity index (χ0n) is 13.0. The van der Waals surface area contributed by atoms with Crippen LogP contribution < -0.4 is 9.64 Å². The van der Waals surface area contributed by atoms with Crippen LogP contribution in [0.15, 0.2) is 42.5 Å². The van der Waals surface area contributed by atoms with Crippen LogP contribution in [-0.4, -0.2) is 18.9 Å². The van der Waals surface area contributed by atoms with Crippen LogP contribution in [0.3, 0.4) is 0 Å². The van der Waals surface area contributed by atoms with E-state index in [0.29, 0.717) is 27.9 Å². The van der Waals surface area contributed by atoms with Gasteiger partial charge >= 0.3 is 0 Å². The van der Waals surface area contributed by atoms with Crippen molar-refractivity contribution in [1.82, 2.24) is 0 Å². The topological polar surface area (TPSA) is 46.6 Å². The molecule has 2 aromatic rings. The number of para-hydroxylation sites is 1. The SMILES string of the molecule is COc1ccccc1CC1CC(=O)N(c2cc(Cl)ccc2Cl)C1=O. The van der Waals surface area contributed by atoms with Gasteiger partial charge in [-0.1, -0.05) is 41.4 Å². The van der Waals surface area contributed by atoms with Crippen molar-refractivity contribution in [3.63, 3.8) is 0 Å². The Morgan fingerprint density at radius 2 is 1.92 bits per heavy atom. The second-order valence-electron chi connectivity index (χ2n) is 5.58. The Labute approximate surface area is 149 Å². The number of nitrogens with zero attached hydrogens (tertiary/aromatic N) is 1. The zero-order chi connectivity index (χ0) is 17.3. The molecule has 0 spiro atoms. The first-order valence-electron chi connectivity index (χ1n) is 7.45. The molecule has 6 heteroatoms. The van der Waals surface area contributed by atoms with Gasteiger partial charge in [-0.2, -0.15) is 0 Å². The van der Waals surface area contributed by atoms with Gasteiger partial charge in [-0.25, -0.2) is 4.90 Å². The number of carbonyl (C=O) groups excluding carboxylic acids is 2. The van der Waals surface area contributed by atoms with Gasteiger partial charge < -0.3 is 4.74 Å². The summed E-state index contributed by atoms with van der Waals surface area (Å²) in [6, 6.07) is 12.2. The molecule has 0 N–H and O–H groups in total. The van der Waals surface area contributed by atoms with Gasteiger partial charge in [0.25, 0.3) is 0 Å². The molecule has 1 unspecified atom stereocenters. The number of amides is 2. The first kappa shape index (κ1) is 16.8. The van der Waals surface area contributed by atoms with Crippen LogP contribution in [0.25, 0.3) is 0 Å². The third-order valence-electron chi connectivity index (χ3n) is 4.05. The van der Waals surface area contributed by atoms with E-state index in [2.05, 4.69) is 0 Å². The van der Waals surface area contributed by atoms with Crippen LogP contribution in [0.1, 0.15) is 12.0 Å². The minimum atomic E-state index is -0.441. The fourth-order valence-electron chi connectivity index (χ4n) is 2.90. The Bertz CT molecular complexity index is 807. The number of imide groups is 1. The van der Waals surface area contributed by atoms with Gasteiger partial charge in [-0.3, -0.25) is 9.59 Å². The largest absolute Gasteiger partial charge is 0.496 e. The fraction of sp³-hybridized carbons (Fsp3) is 0.222. The lowest BCUT2D eigenvalue weighted by Crippen LogP contribution is -2.31. The van der Waals surface area contributed by atoms with E-state index in [1.54, 1.807) is 19.2 Å². The van der Waals surface area contributed by atoms with Crippen LogP contribution in [0.4, 0.5) is 5.69 Å². The molecule has 2 amide bonds. The van der Waals surface area contributed by atoms with E-state index in [1.807, 2.05) is 24.3 Å². The number of carbonyl (C=O) groups is 2. The van der Waals surface area contributed by atoms with Crippen molar-refractivity contribution in [3.8, 4) is 5.75 Å². The summed E-state index contributed by atoms with van der Waals surface area (Å²) in [6.07, 6.45) is 0.572. The number of hydrogen-bond donors (Lipinski definition) is 0. The van der Waals surface area contributed by atoms with Crippen molar-refractivity contribution in [2.45, 2.75) is 12.8 Å². The average Bonchev–Trinajstić information content (AvgIpc) is 2.84. The first-order chi connectivity index (χ1) is 11.5. The van der Waals surface area contributed by atoms with Crippen LogP contribution in [0.2, 0.25) is 10.0 Å². The number of rotatable bonds is 4. The molecule has 0 bridgehead atoms. The molecular weight excluding hydrogens is 349 g/mol. The van der Waals surface area contributed by atoms with Crippen LogP contribution >= 0.6 is 23.2 Å². The molecule has 2 aromatic carbocycles. The molecule has 1 heterocycles. The molecular formula is C18H15Cl2NO3. The molecule has 1 atom stereocenters. The summed E-state index contributed by atoms with van der Waals surface area (Å²) in [6.45, 7) is 0. The number of halogens is 2. The van der Waals surface area contributed by atoms with Gasteiger partial charge in [-0.15, -0.1) is 0 Å². The average molecular weight is 364 g/mol. The third kappa shape index (κ3) is 3.12. The van der Waals surface area contributed by atoms with Gasteiger partial charge in [0.05, 0.1) is 23.7 Å². The summed E-state index contributed by atoms with van der Waals surface area (Å²) in [4.78, 5) is 26.3. The summed E-state index contributed by atoms with van der Waals surface area (Å²) in [5, 5.41) is 0.738. The highest BCUT2D eigenvalue weighted by molar-refractivity contribution is 6.37. The molecule has 4 nitrogen and oxygen atoms in total. The van der Waals surface area contributed by atoms with Crippen molar-refractivity contribution >= 4 is 40.7 Å². The Morgan fingerprint density at radius 3 is 2.67 bits per heavy atom. The van der Waals surface area contributed by atoms with E-state index in [4.69, 9.17) is 27.9 Å². The van der Waals surface area contributed by atoms with Crippen molar-refractivity contribution < 1.29 is 14.3 Å². The maximum atomic E-state index is 12.7. The normalized spacial score (nSPS) is 17.5. The minimum absolute atomic E-state index is 0.139. The van der Waals surface area contributed by atoms with Crippen molar-refractivity contribution in [3.05, 3.63) is 58.1 Å². The molecule has 0 radical (unpaired) electrons. The molecule has 1 fully saturated rings. The molecule has 1 aliphatic rings. The molecule has 3 rings (SSSR count). The molecule has 0 aromatic heterocycles. The molecule has 1 saturated heterocycles. The summed E-state index contributed by atoms with van der Waals surface area (Å²) >= 11 is 12.1. The van der Waals surface area contributed by atoms with Crippen molar-refractivity contribution in [2.75, 3.05) is 12.0 Å². The van der Waals surface area contributed by atoms with Crippen LogP contribution in [0.5, 0.6) is 5.75 Å². The van der Waals surface area contributed by atoms with Crippen molar-refractivity contribution in [1.29, 1.82) is 0 Å². The monoisotopic (exact) mass is 363 g/mol. The second kappa shape index (κ2) is 6.83. The highest BCUT2D eigenvalue weighted by atomic mass is 35.5. The molecule has 1 aliphatic heterocycles. The lowest BCUT2D eigenvalue weighted by molar-refractivity contribution is -0.122. The van der Waals surface area contributed by atoms with E-state index in [0.717, 1.165) is 10.5 Å². The number of methoxy groups -OCH3 is 1. The Morgan fingerprint density at radius 1 is 1.17 bits per heavy atom. The lowest BCUT2D eigenvalue weighted by atomic mass is 9.97. The maximum absolute atomic E-state index is 12.7. The maximum Gasteiger partial charge on any atom is 0.237 e. The first-order valence-corrected chi connectivity index (χ1v) is 8.20. The van der Waals surface area contributed by atoms with E-state index in [-0.39, 0.29) is 18.2 Å². The van der Waals surface area contributed by atoms with E-state index >= 15 is 0 Å². The Balaban J connectivity index is 1.88. The van der Waals surface area contributed by atoms with Gasteiger partial charge in [0.15, 0.2) is 0 Å².